The van der Waals surface area contributed by atoms with Crippen LogP contribution in [0.1, 0.15) is 17.2 Å². The fraction of sp³-hybridized carbons (Fsp3) is 0.222. The lowest BCUT2D eigenvalue weighted by atomic mass is 10.1. The number of halogens is 2. The predicted octanol–water partition coefficient (Wildman–Crippen LogP) is 2.42. The fourth-order valence-corrected chi connectivity index (χ4v) is 1.58. The van der Waals surface area contributed by atoms with Gasteiger partial charge in [0.15, 0.2) is 6.10 Å². The quantitative estimate of drug-likeness (QED) is 0.827. The van der Waals surface area contributed by atoms with Crippen LogP contribution in [-0.4, -0.2) is 16.2 Å². The van der Waals surface area contributed by atoms with E-state index in [1.54, 1.807) is 13.0 Å². The second kappa shape index (κ2) is 4.17. The highest BCUT2D eigenvalue weighted by Crippen LogP contribution is 2.29. The van der Waals surface area contributed by atoms with Crippen LogP contribution in [0.3, 0.4) is 0 Å². The summed E-state index contributed by atoms with van der Waals surface area (Å²) in [5.74, 6) is -1.35. The Hall–Kier alpha value is -0.770. The number of aliphatic hydroxyl groups is 1. The van der Waals surface area contributed by atoms with Crippen molar-refractivity contribution in [2.24, 2.45) is 0 Å². The van der Waals surface area contributed by atoms with Crippen molar-refractivity contribution in [3.8, 4) is 0 Å². The van der Waals surface area contributed by atoms with Crippen LogP contribution >= 0.6 is 23.2 Å². The minimum atomic E-state index is -1.64. The Morgan fingerprint density at radius 1 is 1.43 bits per heavy atom. The van der Waals surface area contributed by atoms with Gasteiger partial charge in [0.25, 0.3) is 0 Å². The summed E-state index contributed by atoms with van der Waals surface area (Å²) in [6, 6.07) is 2.94. The lowest BCUT2D eigenvalue weighted by Gasteiger charge is -2.10. The molecule has 0 saturated heterocycles. The Morgan fingerprint density at radius 2 is 2.00 bits per heavy atom. The zero-order valence-corrected chi connectivity index (χ0v) is 8.80. The monoisotopic (exact) mass is 234 g/mol. The second-order valence-corrected chi connectivity index (χ2v) is 3.68. The molecule has 76 valence electrons. The number of carboxylic acids is 1. The molecule has 0 unspecified atom stereocenters. The molecule has 1 aromatic rings. The third kappa shape index (κ3) is 2.18. The maximum absolute atomic E-state index is 10.5. The van der Waals surface area contributed by atoms with Crippen molar-refractivity contribution >= 4 is 29.2 Å². The van der Waals surface area contributed by atoms with E-state index < -0.39 is 12.1 Å². The molecule has 0 spiro atoms. The predicted molar refractivity (Wildman–Crippen MR) is 53.8 cm³/mol. The number of hydrogen-bond acceptors (Lipinski definition) is 2. The van der Waals surface area contributed by atoms with Crippen molar-refractivity contribution in [3.05, 3.63) is 33.3 Å². The van der Waals surface area contributed by atoms with E-state index in [0.29, 0.717) is 10.6 Å². The maximum Gasteiger partial charge on any atom is 0.337 e. The molecule has 0 aliphatic heterocycles. The minimum absolute atomic E-state index is 0.115. The third-order valence-electron chi connectivity index (χ3n) is 1.78. The van der Waals surface area contributed by atoms with Gasteiger partial charge < -0.3 is 10.2 Å². The molecule has 14 heavy (non-hydrogen) atoms. The Bertz CT molecular complexity index is 377. The van der Waals surface area contributed by atoms with Crippen LogP contribution in [0.4, 0.5) is 0 Å². The molecule has 1 aromatic carbocycles. The SMILES string of the molecule is Cc1cc(Cl)cc([C@@H](O)C(=O)O)c1Cl. The number of benzene rings is 1. The molecule has 1 atom stereocenters. The van der Waals surface area contributed by atoms with Crippen LogP contribution in [0.15, 0.2) is 12.1 Å². The van der Waals surface area contributed by atoms with Gasteiger partial charge in [0.2, 0.25) is 0 Å². The fourth-order valence-electron chi connectivity index (χ4n) is 1.08. The summed E-state index contributed by atoms with van der Waals surface area (Å²) in [7, 11) is 0. The first-order chi connectivity index (χ1) is 6.43. The highest BCUT2D eigenvalue weighted by molar-refractivity contribution is 6.34. The Balaban J connectivity index is 3.26. The first kappa shape index (κ1) is 11.3. The van der Waals surface area contributed by atoms with Crippen LogP contribution in [0.5, 0.6) is 0 Å². The summed E-state index contributed by atoms with van der Waals surface area (Å²) in [5.41, 5.74) is 0.749. The number of aliphatic carboxylic acids is 1. The molecule has 2 N–H and O–H groups in total. The number of aryl methyl sites for hydroxylation is 1. The van der Waals surface area contributed by atoms with Gasteiger partial charge in [-0.15, -0.1) is 0 Å². The van der Waals surface area contributed by atoms with E-state index in [1.165, 1.54) is 6.07 Å². The Morgan fingerprint density at radius 3 is 2.50 bits per heavy atom. The molecule has 1 rings (SSSR count). The van der Waals surface area contributed by atoms with Gasteiger partial charge in [0, 0.05) is 15.6 Å². The standard InChI is InChI=1S/C9H8Cl2O3/c1-4-2-5(10)3-6(7(4)11)8(12)9(13)14/h2-3,8,12H,1H3,(H,13,14)/t8-/m1/s1. The summed E-state index contributed by atoms with van der Waals surface area (Å²) in [6.07, 6.45) is -1.64. The van der Waals surface area contributed by atoms with Gasteiger partial charge in [0.1, 0.15) is 0 Å². The van der Waals surface area contributed by atoms with Crippen LogP contribution in [0, 0.1) is 6.92 Å². The van der Waals surface area contributed by atoms with Crippen molar-refractivity contribution in [1.82, 2.24) is 0 Å². The van der Waals surface area contributed by atoms with Crippen LogP contribution in [-0.2, 0) is 4.79 Å². The average molecular weight is 235 g/mol. The van der Waals surface area contributed by atoms with E-state index in [4.69, 9.17) is 28.3 Å². The first-order valence-electron chi connectivity index (χ1n) is 3.80. The van der Waals surface area contributed by atoms with Crippen LogP contribution in [0.2, 0.25) is 10.0 Å². The van der Waals surface area contributed by atoms with Gasteiger partial charge >= 0.3 is 5.97 Å². The summed E-state index contributed by atoms with van der Waals surface area (Å²) < 4.78 is 0. The molecule has 5 heteroatoms. The smallest absolute Gasteiger partial charge is 0.337 e. The lowest BCUT2D eigenvalue weighted by Crippen LogP contribution is -2.11. The molecule has 0 saturated carbocycles. The van der Waals surface area contributed by atoms with Gasteiger partial charge in [-0.3, -0.25) is 0 Å². The van der Waals surface area contributed by atoms with Crippen molar-refractivity contribution in [1.29, 1.82) is 0 Å². The summed E-state index contributed by atoms with van der Waals surface area (Å²) in [6.45, 7) is 1.69. The van der Waals surface area contributed by atoms with Crippen molar-refractivity contribution < 1.29 is 15.0 Å². The van der Waals surface area contributed by atoms with E-state index >= 15 is 0 Å². The van der Waals surface area contributed by atoms with E-state index in [0.717, 1.165) is 0 Å². The number of aliphatic hydroxyl groups excluding tert-OH is 1. The first-order valence-corrected chi connectivity index (χ1v) is 4.55. The minimum Gasteiger partial charge on any atom is -0.479 e. The summed E-state index contributed by atoms with van der Waals surface area (Å²) in [4.78, 5) is 10.5. The molecule has 0 fully saturated rings. The largest absolute Gasteiger partial charge is 0.479 e. The lowest BCUT2D eigenvalue weighted by molar-refractivity contribution is -0.146. The second-order valence-electron chi connectivity index (χ2n) is 2.87. The zero-order chi connectivity index (χ0) is 10.9. The van der Waals surface area contributed by atoms with E-state index in [2.05, 4.69) is 0 Å². The molecule has 0 aromatic heterocycles. The van der Waals surface area contributed by atoms with Crippen molar-refractivity contribution in [2.45, 2.75) is 13.0 Å². The Labute approximate surface area is 90.9 Å². The normalized spacial score (nSPS) is 12.6. The molecule has 0 amide bonds. The van der Waals surface area contributed by atoms with Crippen molar-refractivity contribution in [3.63, 3.8) is 0 Å². The zero-order valence-electron chi connectivity index (χ0n) is 7.29. The average Bonchev–Trinajstić information content (AvgIpc) is 2.09. The van der Waals surface area contributed by atoms with Gasteiger partial charge in [-0.05, 0) is 24.6 Å². The van der Waals surface area contributed by atoms with Crippen LogP contribution < -0.4 is 0 Å². The number of rotatable bonds is 2. The molecule has 0 heterocycles. The molecule has 3 nitrogen and oxygen atoms in total. The molecular weight excluding hydrogens is 227 g/mol. The topological polar surface area (TPSA) is 57.5 Å². The van der Waals surface area contributed by atoms with E-state index in [9.17, 15) is 9.90 Å². The third-order valence-corrected chi connectivity index (χ3v) is 2.51. The van der Waals surface area contributed by atoms with Gasteiger partial charge in [-0.1, -0.05) is 23.2 Å². The highest BCUT2D eigenvalue weighted by atomic mass is 35.5. The number of carbonyl (C=O) groups is 1. The van der Waals surface area contributed by atoms with Gasteiger partial charge in [-0.2, -0.15) is 0 Å². The molecule has 0 aliphatic rings. The molecule has 0 radical (unpaired) electrons. The van der Waals surface area contributed by atoms with Crippen molar-refractivity contribution in [2.75, 3.05) is 0 Å². The van der Waals surface area contributed by atoms with Crippen LogP contribution in [0.25, 0.3) is 0 Å². The van der Waals surface area contributed by atoms with Gasteiger partial charge in [-0.25, -0.2) is 4.79 Å². The van der Waals surface area contributed by atoms with Gasteiger partial charge in [0.05, 0.1) is 0 Å². The van der Waals surface area contributed by atoms with E-state index in [1.807, 2.05) is 0 Å². The summed E-state index contributed by atoms with van der Waals surface area (Å²) >= 11 is 11.5. The molecular formula is C9H8Cl2O3. The number of hydrogen-bond donors (Lipinski definition) is 2. The molecule has 0 aliphatic carbocycles. The maximum atomic E-state index is 10.5. The number of carboxylic acid groups (broad SMARTS) is 1. The highest BCUT2D eigenvalue weighted by Gasteiger charge is 2.20. The Kier molecular flexibility index (Phi) is 3.37. The molecule has 0 bridgehead atoms. The summed E-state index contributed by atoms with van der Waals surface area (Å²) in [5, 5.41) is 18.5. The van der Waals surface area contributed by atoms with E-state index in [-0.39, 0.29) is 10.6 Å².